The molecule has 0 atom stereocenters. The number of carbonyl (C=O) groups excluding carboxylic acids is 1. The van der Waals surface area contributed by atoms with Crippen LogP contribution < -0.4 is 5.73 Å². The van der Waals surface area contributed by atoms with Gasteiger partial charge in [-0.2, -0.15) is 0 Å². The van der Waals surface area contributed by atoms with Gasteiger partial charge in [0.15, 0.2) is 0 Å². The lowest BCUT2D eigenvalue weighted by atomic mass is 10.2. The van der Waals surface area contributed by atoms with Gasteiger partial charge >= 0.3 is 5.97 Å². The number of rotatable bonds is 0. The molecule has 0 bridgehead atoms. The van der Waals surface area contributed by atoms with Gasteiger partial charge in [0.25, 0.3) is 0 Å². The molecule has 0 aliphatic heterocycles. The molecule has 0 aliphatic carbocycles. The van der Waals surface area contributed by atoms with E-state index in [1.807, 2.05) is 0 Å². The molecule has 78 valence electrons. The molecule has 0 spiro atoms. The highest BCUT2D eigenvalue weighted by Crippen LogP contribution is 2.26. The van der Waals surface area contributed by atoms with Gasteiger partial charge in [-0.25, -0.2) is 4.79 Å². The first-order valence-electron chi connectivity index (χ1n) is 3.89. The van der Waals surface area contributed by atoms with E-state index >= 15 is 0 Å². The minimum Gasteiger partial charge on any atom is -0.459 e. The van der Waals surface area contributed by atoms with Crippen molar-refractivity contribution in [1.29, 1.82) is 0 Å². The highest BCUT2D eigenvalue weighted by Gasteiger charge is 2.03. The van der Waals surface area contributed by atoms with Gasteiger partial charge in [0.2, 0.25) is 0 Å². The molecule has 1 aromatic carbocycles. The summed E-state index contributed by atoms with van der Waals surface area (Å²) in [5.41, 5.74) is 6.32. The van der Waals surface area contributed by atoms with Crippen molar-refractivity contribution in [2.24, 2.45) is 0 Å². The van der Waals surface area contributed by atoms with E-state index in [1.165, 1.54) is 19.2 Å². The molecule has 0 aromatic heterocycles. The molecule has 0 radical (unpaired) electrons. The van der Waals surface area contributed by atoms with E-state index < -0.39 is 5.97 Å². The van der Waals surface area contributed by atoms with Crippen molar-refractivity contribution in [1.82, 2.24) is 0 Å². The molecule has 5 heteroatoms. The van der Waals surface area contributed by atoms with Gasteiger partial charge in [-0.15, -0.1) is 0 Å². The molecule has 0 fully saturated rings. The molecule has 0 heterocycles. The van der Waals surface area contributed by atoms with E-state index in [0.29, 0.717) is 15.6 Å². The first-order chi connectivity index (χ1) is 7.04. The number of esters is 1. The van der Waals surface area contributed by atoms with Crippen molar-refractivity contribution in [3.05, 3.63) is 27.7 Å². The number of benzene rings is 1. The van der Waals surface area contributed by atoms with Crippen LogP contribution in [0.25, 0.3) is 0 Å². The summed E-state index contributed by atoms with van der Waals surface area (Å²) in [6.45, 7) is 0. The summed E-state index contributed by atoms with van der Waals surface area (Å²) in [7, 11) is 1.24. The number of methoxy groups -OCH3 is 1. The molecule has 1 aromatic rings. The largest absolute Gasteiger partial charge is 0.459 e. The summed E-state index contributed by atoms with van der Waals surface area (Å²) in [6.07, 6.45) is 0. The van der Waals surface area contributed by atoms with Gasteiger partial charge in [-0.1, -0.05) is 29.1 Å². The second-order valence-corrected chi connectivity index (χ2v) is 3.43. The zero-order chi connectivity index (χ0) is 11.4. The van der Waals surface area contributed by atoms with Crippen LogP contribution >= 0.6 is 23.2 Å². The first-order valence-corrected chi connectivity index (χ1v) is 4.64. The Labute approximate surface area is 97.1 Å². The third kappa shape index (κ3) is 3.05. The highest BCUT2D eigenvalue weighted by molar-refractivity contribution is 6.36. The van der Waals surface area contributed by atoms with Gasteiger partial charge in [-0.3, -0.25) is 0 Å². The lowest BCUT2D eigenvalue weighted by Gasteiger charge is -2.01. The van der Waals surface area contributed by atoms with Crippen molar-refractivity contribution in [2.75, 3.05) is 12.8 Å². The Bertz CT molecular complexity index is 460. The summed E-state index contributed by atoms with van der Waals surface area (Å²) in [5.74, 6) is 4.11. The maximum Gasteiger partial charge on any atom is 0.384 e. The number of hydrogen-bond donors (Lipinski definition) is 1. The Hall–Kier alpha value is -1.37. The quantitative estimate of drug-likeness (QED) is 0.432. The minimum atomic E-state index is -0.648. The van der Waals surface area contributed by atoms with Crippen LogP contribution in [0.2, 0.25) is 10.0 Å². The van der Waals surface area contributed by atoms with E-state index in [4.69, 9.17) is 28.9 Å². The first kappa shape index (κ1) is 11.7. The smallest absolute Gasteiger partial charge is 0.384 e. The molecule has 2 N–H and O–H groups in total. The van der Waals surface area contributed by atoms with Crippen LogP contribution in [0, 0.1) is 11.8 Å². The minimum absolute atomic E-state index is 0.289. The topological polar surface area (TPSA) is 52.3 Å². The molecule has 0 saturated carbocycles. The SMILES string of the molecule is COC(=O)C#Cc1cc(Cl)cc(Cl)c1N. The number of halogens is 2. The van der Waals surface area contributed by atoms with Crippen LogP contribution in [-0.2, 0) is 9.53 Å². The van der Waals surface area contributed by atoms with Crippen molar-refractivity contribution in [3.63, 3.8) is 0 Å². The fourth-order valence-electron chi connectivity index (χ4n) is 0.858. The Balaban J connectivity index is 3.13. The maximum absolute atomic E-state index is 10.8. The van der Waals surface area contributed by atoms with E-state index in [9.17, 15) is 4.79 Å². The number of anilines is 1. The molecule has 0 aliphatic rings. The standard InChI is InChI=1S/C10H7Cl2NO2/c1-15-9(14)3-2-6-4-7(11)5-8(12)10(6)13/h4-5H,13H2,1H3. The number of carbonyl (C=O) groups is 1. The Morgan fingerprint density at radius 3 is 2.73 bits per heavy atom. The van der Waals surface area contributed by atoms with Crippen LogP contribution in [0.1, 0.15) is 5.56 Å². The lowest BCUT2D eigenvalue weighted by Crippen LogP contribution is -1.96. The summed E-state index contributed by atoms with van der Waals surface area (Å²) < 4.78 is 4.35. The van der Waals surface area contributed by atoms with Crippen LogP contribution in [0.3, 0.4) is 0 Å². The molecule has 0 saturated heterocycles. The van der Waals surface area contributed by atoms with Crippen molar-refractivity contribution < 1.29 is 9.53 Å². The van der Waals surface area contributed by atoms with Gasteiger partial charge < -0.3 is 10.5 Å². The molecule has 0 amide bonds. The summed E-state index contributed by atoms with van der Waals surface area (Å²) in [5, 5.41) is 0.708. The van der Waals surface area contributed by atoms with Crippen molar-refractivity contribution in [2.45, 2.75) is 0 Å². The number of nitrogens with two attached hydrogens (primary N) is 1. The van der Waals surface area contributed by atoms with Crippen molar-refractivity contribution >= 4 is 34.9 Å². The monoisotopic (exact) mass is 243 g/mol. The summed E-state index contributed by atoms with van der Waals surface area (Å²) >= 11 is 11.5. The Kier molecular flexibility index (Phi) is 3.84. The van der Waals surface area contributed by atoms with E-state index in [2.05, 4.69) is 16.6 Å². The Morgan fingerprint density at radius 2 is 2.13 bits per heavy atom. The fraction of sp³-hybridized carbons (Fsp3) is 0.100. The summed E-state index contributed by atoms with van der Waals surface area (Å²) in [4.78, 5) is 10.8. The highest BCUT2D eigenvalue weighted by atomic mass is 35.5. The molecular formula is C10H7Cl2NO2. The zero-order valence-electron chi connectivity index (χ0n) is 7.80. The van der Waals surface area contributed by atoms with Crippen molar-refractivity contribution in [3.8, 4) is 11.8 Å². The third-order valence-corrected chi connectivity index (χ3v) is 2.11. The average Bonchev–Trinajstić information content (AvgIpc) is 2.20. The van der Waals surface area contributed by atoms with E-state index in [1.54, 1.807) is 0 Å². The molecular weight excluding hydrogens is 237 g/mol. The van der Waals surface area contributed by atoms with Crippen LogP contribution in [0.4, 0.5) is 5.69 Å². The van der Waals surface area contributed by atoms with E-state index in [-0.39, 0.29) is 5.69 Å². The van der Waals surface area contributed by atoms with Gasteiger partial charge in [0, 0.05) is 10.9 Å². The fourth-order valence-corrected chi connectivity index (χ4v) is 1.35. The predicted molar refractivity (Wildman–Crippen MR) is 59.8 cm³/mol. The molecule has 15 heavy (non-hydrogen) atoms. The molecule has 1 rings (SSSR count). The molecule has 3 nitrogen and oxygen atoms in total. The zero-order valence-corrected chi connectivity index (χ0v) is 9.32. The van der Waals surface area contributed by atoms with Crippen LogP contribution in [-0.4, -0.2) is 13.1 Å². The Morgan fingerprint density at radius 1 is 1.47 bits per heavy atom. The predicted octanol–water partition coefficient (Wildman–Crippen LogP) is 2.10. The van der Waals surface area contributed by atoms with E-state index in [0.717, 1.165) is 0 Å². The number of nitrogen functional groups attached to an aromatic ring is 1. The molecule has 0 unspecified atom stereocenters. The van der Waals surface area contributed by atoms with Crippen LogP contribution in [0.15, 0.2) is 12.1 Å². The van der Waals surface area contributed by atoms with Crippen LogP contribution in [0.5, 0.6) is 0 Å². The lowest BCUT2D eigenvalue weighted by molar-refractivity contribution is -0.133. The van der Waals surface area contributed by atoms with Gasteiger partial charge in [-0.05, 0) is 12.1 Å². The second kappa shape index (κ2) is 4.92. The second-order valence-electron chi connectivity index (χ2n) is 2.59. The number of ether oxygens (including phenoxy) is 1. The normalized spacial score (nSPS) is 9.00. The maximum atomic E-state index is 10.8. The third-order valence-electron chi connectivity index (χ3n) is 1.58. The van der Waals surface area contributed by atoms with Gasteiger partial charge in [0.05, 0.1) is 23.4 Å². The average molecular weight is 244 g/mol. The summed E-state index contributed by atoms with van der Waals surface area (Å²) in [6, 6.07) is 3.03. The van der Waals surface area contributed by atoms with Gasteiger partial charge in [0.1, 0.15) is 0 Å². The number of hydrogen-bond acceptors (Lipinski definition) is 3.